The number of alkyl halides is 2. The van der Waals surface area contributed by atoms with Gasteiger partial charge < -0.3 is 24.7 Å². The van der Waals surface area contributed by atoms with E-state index in [2.05, 4.69) is 45.5 Å². The minimum Gasteiger partial charge on any atom is -0.491 e. The Kier molecular flexibility index (Phi) is 6.54. The summed E-state index contributed by atoms with van der Waals surface area (Å²) in [6, 6.07) is 8.37. The fourth-order valence-corrected chi connectivity index (χ4v) is 6.25. The molecule has 2 saturated heterocycles. The first-order valence-electron chi connectivity index (χ1n) is 13.8. The number of ether oxygens (including phenoxy) is 2. The van der Waals surface area contributed by atoms with Crippen molar-refractivity contribution in [3.05, 3.63) is 36.8 Å². The van der Waals surface area contributed by atoms with E-state index in [1.54, 1.807) is 0 Å². The monoisotopic (exact) mass is 525 g/mol. The third-order valence-corrected chi connectivity index (χ3v) is 8.48. The smallest absolute Gasteiger partial charge is 0.250 e. The second kappa shape index (κ2) is 9.75. The second-order valence-electron chi connectivity index (χ2n) is 11.9. The molecule has 1 aromatic carbocycles. The highest BCUT2D eigenvalue weighted by Gasteiger charge is 2.38. The van der Waals surface area contributed by atoms with Gasteiger partial charge in [0.2, 0.25) is 0 Å². The molecule has 2 aliphatic heterocycles. The van der Waals surface area contributed by atoms with Gasteiger partial charge >= 0.3 is 0 Å². The Morgan fingerprint density at radius 2 is 1.92 bits per heavy atom. The standard InChI is InChI=1S/C29H37F2N5O2/c1-28(2)7-6-23(38-28)17-37-22-5-3-4-20(14-22)24-16-36(27-25(24)26(32)33-18-34-27)21-12-19(13-21)15-35-10-8-29(30,31)9-11-35/h3-5,14,16,18-19,21,23H,6-13,15,17H2,1-2H3,(H2,32,33,34)/t19-,21+,23-/m1/s1. The second-order valence-corrected chi connectivity index (χ2v) is 11.9. The molecule has 0 bridgehead atoms. The molecule has 2 N–H and O–H groups in total. The number of nitrogen functional groups attached to an aromatic ring is 1. The summed E-state index contributed by atoms with van der Waals surface area (Å²) in [6.07, 6.45) is 7.74. The van der Waals surface area contributed by atoms with Gasteiger partial charge in [-0.05, 0) is 63.1 Å². The van der Waals surface area contributed by atoms with E-state index >= 15 is 0 Å². The van der Waals surface area contributed by atoms with Crippen LogP contribution in [0.4, 0.5) is 14.6 Å². The summed E-state index contributed by atoms with van der Waals surface area (Å²) in [5.41, 5.74) is 9.11. The summed E-state index contributed by atoms with van der Waals surface area (Å²) >= 11 is 0. The van der Waals surface area contributed by atoms with Gasteiger partial charge in [0.15, 0.2) is 0 Å². The zero-order valence-corrected chi connectivity index (χ0v) is 22.2. The molecule has 204 valence electrons. The summed E-state index contributed by atoms with van der Waals surface area (Å²) in [7, 11) is 0. The quantitative estimate of drug-likeness (QED) is 0.426. The predicted molar refractivity (Wildman–Crippen MR) is 143 cm³/mol. The van der Waals surface area contributed by atoms with E-state index in [0.29, 0.717) is 37.5 Å². The van der Waals surface area contributed by atoms with Gasteiger partial charge in [-0.1, -0.05) is 12.1 Å². The first kappa shape index (κ1) is 25.5. The number of likely N-dealkylation sites (tertiary alicyclic amines) is 1. The summed E-state index contributed by atoms with van der Waals surface area (Å²) in [5.74, 6) is -0.738. The van der Waals surface area contributed by atoms with E-state index in [4.69, 9.17) is 15.2 Å². The van der Waals surface area contributed by atoms with Crippen molar-refractivity contribution in [3.8, 4) is 16.9 Å². The highest BCUT2D eigenvalue weighted by molar-refractivity contribution is 6.00. The highest BCUT2D eigenvalue weighted by atomic mass is 19.3. The van der Waals surface area contributed by atoms with Crippen molar-refractivity contribution in [1.29, 1.82) is 0 Å². The Bertz CT molecular complexity index is 1290. The molecule has 3 fully saturated rings. The molecule has 4 heterocycles. The predicted octanol–water partition coefficient (Wildman–Crippen LogP) is 5.70. The Morgan fingerprint density at radius 3 is 2.66 bits per heavy atom. The van der Waals surface area contributed by atoms with Gasteiger partial charge in [0, 0.05) is 50.3 Å². The largest absolute Gasteiger partial charge is 0.491 e. The fraction of sp³-hybridized carbons (Fsp3) is 0.586. The van der Waals surface area contributed by atoms with Gasteiger partial charge in [0.1, 0.15) is 30.1 Å². The Labute approximate surface area is 222 Å². The molecular formula is C29H37F2N5O2. The van der Waals surface area contributed by atoms with Crippen molar-refractivity contribution >= 4 is 16.9 Å². The van der Waals surface area contributed by atoms with Crippen LogP contribution in [0.25, 0.3) is 22.2 Å². The average Bonchev–Trinajstić information content (AvgIpc) is 3.41. The van der Waals surface area contributed by atoms with Crippen molar-refractivity contribution in [1.82, 2.24) is 19.4 Å². The molecule has 7 nitrogen and oxygen atoms in total. The molecule has 0 radical (unpaired) electrons. The average molecular weight is 526 g/mol. The molecule has 0 amide bonds. The molecule has 1 atom stereocenters. The van der Waals surface area contributed by atoms with Crippen LogP contribution in [-0.4, -0.2) is 63.3 Å². The van der Waals surface area contributed by atoms with Crippen LogP contribution in [0.1, 0.15) is 58.4 Å². The lowest BCUT2D eigenvalue weighted by Gasteiger charge is -2.41. The van der Waals surface area contributed by atoms with E-state index in [-0.39, 0.29) is 24.5 Å². The molecule has 3 aromatic rings. The zero-order chi connectivity index (χ0) is 26.5. The third-order valence-electron chi connectivity index (χ3n) is 8.48. The SMILES string of the molecule is CC1(C)CC[C@H](COc2cccc(-c3cn([C@H]4C[C@@H](CN5CCC(F)(F)CC5)C4)c4ncnc(N)c34)c2)O1. The summed E-state index contributed by atoms with van der Waals surface area (Å²) in [5, 5.41) is 0.854. The van der Waals surface area contributed by atoms with Crippen LogP contribution in [0.2, 0.25) is 0 Å². The Balaban J connectivity index is 1.17. The van der Waals surface area contributed by atoms with Gasteiger partial charge in [0.05, 0.1) is 17.1 Å². The number of rotatable bonds is 7. The maximum atomic E-state index is 13.5. The summed E-state index contributed by atoms with van der Waals surface area (Å²) in [6.45, 7) is 6.62. The number of piperidine rings is 1. The van der Waals surface area contributed by atoms with Crippen molar-refractivity contribution in [2.45, 2.75) is 76.0 Å². The summed E-state index contributed by atoms with van der Waals surface area (Å²) in [4.78, 5) is 11.1. The van der Waals surface area contributed by atoms with Gasteiger partial charge in [0.25, 0.3) is 5.92 Å². The minimum absolute atomic E-state index is 0.0284. The maximum absolute atomic E-state index is 13.5. The van der Waals surface area contributed by atoms with E-state index in [1.807, 2.05) is 18.2 Å². The Morgan fingerprint density at radius 1 is 1.13 bits per heavy atom. The normalized spacial score (nSPS) is 26.9. The topological polar surface area (TPSA) is 78.4 Å². The number of hydrogen-bond acceptors (Lipinski definition) is 6. The van der Waals surface area contributed by atoms with Crippen molar-refractivity contribution < 1.29 is 18.3 Å². The Hall–Kier alpha value is -2.78. The van der Waals surface area contributed by atoms with Crippen molar-refractivity contribution in [3.63, 3.8) is 0 Å². The fourth-order valence-electron chi connectivity index (χ4n) is 6.25. The van der Waals surface area contributed by atoms with Crippen LogP contribution in [0, 0.1) is 5.92 Å². The number of nitrogens with zero attached hydrogens (tertiary/aromatic N) is 4. The molecule has 3 aliphatic rings. The van der Waals surface area contributed by atoms with E-state index in [9.17, 15) is 8.78 Å². The highest BCUT2D eigenvalue weighted by Crippen LogP contribution is 2.44. The molecule has 1 saturated carbocycles. The molecule has 2 aromatic heterocycles. The first-order chi connectivity index (χ1) is 18.2. The summed E-state index contributed by atoms with van der Waals surface area (Å²) < 4.78 is 41.5. The molecule has 9 heteroatoms. The van der Waals surface area contributed by atoms with Crippen LogP contribution >= 0.6 is 0 Å². The molecule has 6 rings (SSSR count). The number of aromatic nitrogens is 3. The van der Waals surface area contributed by atoms with E-state index in [1.165, 1.54) is 6.33 Å². The molecule has 0 unspecified atom stereocenters. The van der Waals surface area contributed by atoms with Crippen LogP contribution in [0.5, 0.6) is 5.75 Å². The lowest BCUT2D eigenvalue weighted by Crippen LogP contribution is -2.44. The third kappa shape index (κ3) is 5.23. The van der Waals surface area contributed by atoms with Crippen molar-refractivity contribution in [2.75, 3.05) is 32.0 Å². The van der Waals surface area contributed by atoms with Crippen LogP contribution in [0.3, 0.4) is 0 Å². The number of hydrogen-bond donors (Lipinski definition) is 1. The van der Waals surface area contributed by atoms with Crippen LogP contribution < -0.4 is 10.5 Å². The lowest BCUT2D eigenvalue weighted by molar-refractivity contribution is -0.0603. The number of halogens is 2. The van der Waals surface area contributed by atoms with Gasteiger partial charge in [-0.15, -0.1) is 0 Å². The van der Waals surface area contributed by atoms with Crippen molar-refractivity contribution in [2.24, 2.45) is 5.92 Å². The van der Waals surface area contributed by atoms with Gasteiger partial charge in [-0.25, -0.2) is 18.7 Å². The van der Waals surface area contributed by atoms with E-state index in [0.717, 1.165) is 60.1 Å². The number of benzene rings is 1. The lowest BCUT2D eigenvalue weighted by atomic mass is 9.79. The first-order valence-corrected chi connectivity index (χ1v) is 13.8. The van der Waals surface area contributed by atoms with Crippen LogP contribution in [-0.2, 0) is 4.74 Å². The molecule has 0 spiro atoms. The maximum Gasteiger partial charge on any atom is 0.250 e. The van der Waals surface area contributed by atoms with Crippen LogP contribution in [0.15, 0.2) is 36.8 Å². The zero-order valence-electron chi connectivity index (χ0n) is 22.2. The van der Waals surface area contributed by atoms with Gasteiger partial charge in [-0.3, -0.25) is 0 Å². The number of nitrogens with two attached hydrogens (primary N) is 1. The van der Waals surface area contributed by atoms with Gasteiger partial charge in [-0.2, -0.15) is 0 Å². The number of fused-ring (bicyclic) bond motifs is 1. The molecule has 38 heavy (non-hydrogen) atoms. The molecule has 1 aliphatic carbocycles. The van der Waals surface area contributed by atoms with E-state index < -0.39 is 5.92 Å². The number of anilines is 1. The minimum atomic E-state index is -2.50. The molecular weight excluding hydrogens is 488 g/mol.